The van der Waals surface area contributed by atoms with Crippen LogP contribution in [0.1, 0.15) is 36.5 Å². The van der Waals surface area contributed by atoms with Gasteiger partial charge in [0.25, 0.3) is 5.91 Å². The minimum Gasteiger partial charge on any atom is -0.447 e. The summed E-state index contributed by atoms with van der Waals surface area (Å²) in [5.41, 5.74) is 7.27. The molecule has 2 aromatic heterocycles. The van der Waals surface area contributed by atoms with Crippen molar-refractivity contribution in [1.29, 1.82) is 0 Å². The molecule has 0 bridgehead atoms. The zero-order valence-corrected chi connectivity index (χ0v) is 19.2. The number of hydrogen-bond acceptors (Lipinski definition) is 6. The van der Waals surface area contributed by atoms with Crippen molar-refractivity contribution in [3.63, 3.8) is 0 Å². The third-order valence-corrected chi connectivity index (χ3v) is 5.83. The second kappa shape index (κ2) is 9.96. The number of benzene rings is 1. The number of amides is 2. The SMILES string of the molecule is CCCCC(NC(=O)c1cccnc1-n1cnc(-c2ccccc2Cl)c1)C1(C(N)=O)OC=CO1. The van der Waals surface area contributed by atoms with E-state index in [2.05, 4.69) is 15.3 Å². The lowest BCUT2D eigenvalue weighted by Crippen LogP contribution is -2.60. The van der Waals surface area contributed by atoms with Gasteiger partial charge in [0.2, 0.25) is 0 Å². The van der Waals surface area contributed by atoms with E-state index < -0.39 is 23.6 Å². The highest BCUT2D eigenvalue weighted by Crippen LogP contribution is 2.29. The predicted octanol–water partition coefficient (Wildman–Crippen LogP) is 3.58. The number of nitrogens with one attached hydrogen (secondary N) is 1. The van der Waals surface area contributed by atoms with Crippen LogP contribution in [0.5, 0.6) is 0 Å². The van der Waals surface area contributed by atoms with Crippen LogP contribution in [0.4, 0.5) is 0 Å². The Labute approximate surface area is 201 Å². The van der Waals surface area contributed by atoms with Crippen LogP contribution in [0.2, 0.25) is 5.02 Å². The van der Waals surface area contributed by atoms with Crippen LogP contribution in [-0.4, -0.2) is 38.2 Å². The molecule has 1 atom stereocenters. The zero-order chi connectivity index (χ0) is 24.1. The number of aromatic nitrogens is 3. The molecule has 3 N–H and O–H groups in total. The standard InChI is InChI=1S/C24H24ClN5O4/c1-2-3-10-20(24(23(26)32)33-12-13-34-24)29-22(31)17-8-6-11-27-21(17)30-14-19(28-15-30)16-7-4-5-9-18(16)25/h4-9,11-15,20H,2-3,10H2,1H3,(H2,26,32)(H,29,31). The maximum absolute atomic E-state index is 13.4. The molecule has 0 saturated heterocycles. The Morgan fingerprint density at radius 1 is 1.18 bits per heavy atom. The number of carbonyl (C=O) groups is 2. The number of hydrogen-bond donors (Lipinski definition) is 2. The number of pyridine rings is 1. The molecule has 4 rings (SSSR count). The largest absolute Gasteiger partial charge is 0.447 e. The summed E-state index contributed by atoms with van der Waals surface area (Å²) in [5.74, 6) is -2.74. The maximum atomic E-state index is 13.4. The van der Waals surface area contributed by atoms with E-state index in [9.17, 15) is 9.59 Å². The zero-order valence-electron chi connectivity index (χ0n) is 18.5. The molecule has 1 aromatic carbocycles. The van der Waals surface area contributed by atoms with Gasteiger partial charge in [0.1, 0.15) is 24.9 Å². The number of nitrogens with two attached hydrogens (primary N) is 1. The maximum Gasteiger partial charge on any atom is 0.351 e. The van der Waals surface area contributed by atoms with E-state index in [1.54, 1.807) is 41.5 Å². The minimum atomic E-state index is -1.81. The summed E-state index contributed by atoms with van der Waals surface area (Å²) < 4.78 is 12.5. The summed E-state index contributed by atoms with van der Waals surface area (Å²) in [4.78, 5) is 34.4. The molecule has 3 aromatic rings. The van der Waals surface area contributed by atoms with Crippen molar-refractivity contribution in [3.05, 3.63) is 78.2 Å². The highest BCUT2D eigenvalue weighted by molar-refractivity contribution is 6.33. The molecule has 10 heteroatoms. The molecule has 9 nitrogen and oxygen atoms in total. The first-order valence-electron chi connectivity index (χ1n) is 10.8. The lowest BCUT2D eigenvalue weighted by atomic mass is 9.99. The first kappa shape index (κ1) is 23.3. The minimum absolute atomic E-state index is 0.276. The van der Waals surface area contributed by atoms with Gasteiger partial charge in [0.05, 0.1) is 16.3 Å². The van der Waals surface area contributed by atoms with Crippen LogP contribution in [0.3, 0.4) is 0 Å². The molecule has 0 radical (unpaired) electrons. The quantitative estimate of drug-likeness (QED) is 0.481. The Hall–Kier alpha value is -3.85. The predicted molar refractivity (Wildman–Crippen MR) is 126 cm³/mol. The van der Waals surface area contributed by atoms with E-state index >= 15 is 0 Å². The lowest BCUT2D eigenvalue weighted by Gasteiger charge is -2.33. The average molecular weight is 482 g/mol. The Balaban J connectivity index is 1.64. The fraction of sp³-hybridized carbons (Fsp3) is 0.250. The van der Waals surface area contributed by atoms with Gasteiger partial charge in [0.15, 0.2) is 5.82 Å². The Morgan fingerprint density at radius 2 is 1.94 bits per heavy atom. The van der Waals surface area contributed by atoms with Crippen LogP contribution in [0.15, 0.2) is 67.6 Å². The van der Waals surface area contributed by atoms with Gasteiger partial charge in [-0.15, -0.1) is 0 Å². The normalized spacial score (nSPS) is 14.8. The highest BCUT2D eigenvalue weighted by Gasteiger charge is 2.51. The van der Waals surface area contributed by atoms with Crippen molar-refractivity contribution >= 4 is 23.4 Å². The summed E-state index contributed by atoms with van der Waals surface area (Å²) in [5, 5.41) is 3.43. The van der Waals surface area contributed by atoms with Crippen LogP contribution in [0.25, 0.3) is 17.1 Å². The number of imidazole rings is 1. The molecule has 34 heavy (non-hydrogen) atoms. The van der Waals surface area contributed by atoms with Gasteiger partial charge in [-0.25, -0.2) is 9.97 Å². The van der Waals surface area contributed by atoms with E-state index in [4.69, 9.17) is 26.8 Å². The van der Waals surface area contributed by atoms with E-state index in [1.807, 2.05) is 25.1 Å². The topological polar surface area (TPSA) is 121 Å². The molecule has 3 heterocycles. The summed E-state index contributed by atoms with van der Waals surface area (Å²) in [6.45, 7) is 2.00. The van der Waals surface area contributed by atoms with Gasteiger partial charge >= 0.3 is 11.7 Å². The molecule has 1 unspecified atom stereocenters. The number of unbranched alkanes of at least 4 members (excludes halogenated alkanes) is 1. The fourth-order valence-electron chi connectivity index (χ4n) is 3.77. The van der Waals surface area contributed by atoms with Crippen LogP contribution < -0.4 is 11.1 Å². The monoisotopic (exact) mass is 481 g/mol. The van der Waals surface area contributed by atoms with Crippen molar-refractivity contribution in [2.24, 2.45) is 5.73 Å². The molecular weight excluding hydrogens is 458 g/mol. The molecule has 0 aliphatic carbocycles. The molecule has 176 valence electrons. The Kier molecular flexibility index (Phi) is 6.83. The van der Waals surface area contributed by atoms with Crippen molar-refractivity contribution < 1.29 is 19.1 Å². The molecule has 0 saturated carbocycles. The second-order valence-corrected chi connectivity index (χ2v) is 8.14. The Morgan fingerprint density at radius 3 is 2.65 bits per heavy atom. The summed E-state index contributed by atoms with van der Waals surface area (Å²) in [6.07, 6.45) is 9.34. The van der Waals surface area contributed by atoms with E-state index in [1.165, 1.54) is 12.5 Å². The summed E-state index contributed by atoms with van der Waals surface area (Å²) in [7, 11) is 0. The summed E-state index contributed by atoms with van der Waals surface area (Å²) in [6, 6.07) is 9.81. The van der Waals surface area contributed by atoms with Crippen molar-refractivity contribution in [2.45, 2.75) is 38.0 Å². The average Bonchev–Trinajstić information content (AvgIpc) is 3.53. The van der Waals surface area contributed by atoms with Gasteiger partial charge in [-0.1, -0.05) is 49.6 Å². The molecule has 1 aliphatic heterocycles. The third kappa shape index (κ3) is 4.47. The first-order chi connectivity index (χ1) is 16.5. The lowest BCUT2D eigenvalue weighted by molar-refractivity contribution is -0.182. The van der Waals surface area contributed by atoms with Gasteiger partial charge < -0.3 is 20.5 Å². The number of halogens is 1. The van der Waals surface area contributed by atoms with Crippen LogP contribution in [-0.2, 0) is 14.3 Å². The van der Waals surface area contributed by atoms with Crippen LogP contribution in [0, 0.1) is 0 Å². The van der Waals surface area contributed by atoms with Crippen molar-refractivity contribution in [1.82, 2.24) is 19.9 Å². The molecule has 0 fully saturated rings. The fourth-order valence-corrected chi connectivity index (χ4v) is 4.00. The first-order valence-corrected chi connectivity index (χ1v) is 11.2. The number of nitrogens with zero attached hydrogens (tertiary/aromatic N) is 3. The second-order valence-electron chi connectivity index (χ2n) is 7.73. The number of rotatable bonds is 9. The molecule has 2 amide bonds. The van der Waals surface area contributed by atoms with Gasteiger partial charge in [0, 0.05) is 18.0 Å². The molecular formula is C24H24ClN5O4. The van der Waals surface area contributed by atoms with E-state index in [-0.39, 0.29) is 5.56 Å². The smallest absolute Gasteiger partial charge is 0.351 e. The van der Waals surface area contributed by atoms with Gasteiger partial charge in [-0.2, -0.15) is 0 Å². The van der Waals surface area contributed by atoms with Gasteiger partial charge in [-0.3, -0.25) is 14.2 Å². The van der Waals surface area contributed by atoms with Gasteiger partial charge in [-0.05, 0) is 24.6 Å². The molecule has 1 aliphatic rings. The summed E-state index contributed by atoms with van der Waals surface area (Å²) >= 11 is 6.30. The number of primary amides is 1. The Bertz CT molecular complexity index is 1220. The van der Waals surface area contributed by atoms with E-state index in [0.717, 1.165) is 18.4 Å². The molecule has 0 spiro atoms. The number of carbonyl (C=O) groups excluding carboxylic acids is 2. The number of ether oxygens (including phenoxy) is 2. The highest BCUT2D eigenvalue weighted by atomic mass is 35.5. The van der Waals surface area contributed by atoms with Crippen LogP contribution >= 0.6 is 11.6 Å². The third-order valence-electron chi connectivity index (χ3n) is 5.50. The van der Waals surface area contributed by atoms with Crippen molar-refractivity contribution in [3.8, 4) is 17.1 Å². The van der Waals surface area contributed by atoms with E-state index in [0.29, 0.717) is 23.0 Å². The van der Waals surface area contributed by atoms with Crippen molar-refractivity contribution in [2.75, 3.05) is 0 Å².